The maximum absolute atomic E-state index is 12.9. The van der Waals surface area contributed by atoms with Gasteiger partial charge in [-0.2, -0.15) is 0 Å². The molecule has 1 aliphatic heterocycles. The molecule has 132 valence electrons. The van der Waals surface area contributed by atoms with Crippen molar-refractivity contribution in [1.29, 1.82) is 0 Å². The van der Waals surface area contributed by atoms with Gasteiger partial charge in [0.2, 0.25) is 5.91 Å². The highest BCUT2D eigenvalue weighted by Gasteiger charge is 2.43. The fraction of sp³-hybridized carbons (Fsp3) is 0.250. The van der Waals surface area contributed by atoms with Crippen LogP contribution in [0.15, 0.2) is 41.0 Å². The first-order valence-corrected chi connectivity index (χ1v) is 7.44. The number of carbonyl (C=O) groups is 2. The number of hydrogen-bond acceptors (Lipinski definition) is 5. The lowest BCUT2D eigenvalue weighted by atomic mass is 10.2. The number of amides is 2. The van der Waals surface area contributed by atoms with Crippen molar-refractivity contribution in [3.63, 3.8) is 0 Å². The number of rotatable bonds is 6. The molecule has 0 spiro atoms. The third-order valence-electron chi connectivity index (χ3n) is 3.30. The third kappa shape index (κ3) is 4.25. The highest BCUT2D eigenvalue weighted by atomic mass is 19.3. The van der Waals surface area contributed by atoms with Gasteiger partial charge < -0.3 is 24.5 Å². The van der Waals surface area contributed by atoms with Crippen LogP contribution in [0.3, 0.4) is 0 Å². The molecule has 0 aliphatic carbocycles. The van der Waals surface area contributed by atoms with Crippen molar-refractivity contribution in [2.45, 2.75) is 19.1 Å². The molecule has 1 aliphatic rings. The number of furan rings is 1. The Kier molecular flexibility index (Phi) is 4.55. The van der Waals surface area contributed by atoms with E-state index in [0.717, 1.165) is 0 Å². The molecule has 0 atom stereocenters. The molecule has 0 bridgehead atoms. The van der Waals surface area contributed by atoms with E-state index in [0.29, 0.717) is 18.7 Å². The first-order chi connectivity index (χ1) is 11.9. The average Bonchev–Trinajstić information content (AvgIpc) is 3.17. The van der Waals surface area contributed by atoms with E-state index >= 15 is 0 Å². The van der Waals surface area contributed by atoms with Crippen LogP contribution in [-0.2, 0) is 4.79 Å². The minimum atomic E-state index is -3.70. The fourth-order valence-electron chi connectivity index (χ4n) is 2.20. The van der Waals surface area contributed by atoms with E-state index in [1.54, 1.807) is 6.07 Å². The topological polar surface area (TPSA) is 89.8 Å². The van der Waals surface area contributed by atoms with E-state index in [2.05, 4.69) is 20.1 Å². The molecule has 2 amide bonds. The summed E-state index contributed by atoms with van der Waals surface area (Å²) in [6.07, 6.45) is -1.76. The van der Waals surface area contributed by atoms with Crippen molar-refractivity contribution in [3.05, 3.63) is 42.4 Å². The van der Waals surface area contributed by atoms with Crippen molar-refractivity contribution >= 4 is 17.5 Å². The zero-order chi connectivity index (χ0) is 17.9. The second-order valence-electron chi connectivity index (χ2n) is 5.21. The van der Waals surface area contributed by atoms with Gasteiger partial charge in [-0.15, -0.1) is 8.78 Å². The molecule has 2 N–H and O–H groups in total. The first kappa shape index (κ1) is 16.7. The van der Waals surface area contributed by atoms with E-state index < -0.39 is 6.29 Å². The average molecular weight is 352 g/mol. The van der Waals surface area contributed by atoms with Crippen molar-refractivity contribution in [3.8, 4) is 11.5 Å². The van der Waals surface area contributed by atoms with E-state index in [4.69, 9.17) is 4.42 Å². The lowest BCUT2D eigenvalue weighted by molar-refractivity contribution is -0.286. The van der Waals surface area contributed by atoms with Crippen molar-refractivity contribution in [2.75, 3.05) is 11.9 Å². The van der Waals surface area contributed by atoms with Gasteiger partial charge in [0, 0.05) is 24.7 Å². The Morgan fingerprint density at radius 3 is 2.68 bits per heavy atom. The zero-order valence-electron chi connectivity index (χ0n) is 12.9. The Morgan fingerprint density at radius 1 is 1.12 bits per heavy atom. The summed E-state index contributed by atoms with van der Waals surface area (Å²) in [7, 11) is 0. The molecular weight excluding hydrogens is 338 g/mol. The molecule has 3 rings (SSSR count). The third-order valence-corrected chi connectivity index (χ3v) is 3.30. The van der Waals surface area contributed by atoms with E-state index in [9.17, 15) is 18.4 Å². The molecule has 25 heavy (non-hydrogen) atoms. The molecule has 0 radical (unpaired) electrons. The number of anilines is 1. The van der Waals surface area contributed by atoms with Crippen LogP contribution in [0.4, 0.5) is 14.5 Å². The SMILES string of the molecule is O=C(CCCNC(=O)c1ccco1)Nc1ccc2c(c1)OC(F)(F)O2. The monoisotopic (exact) mass is 352 g/mol. The number of fused-ring (bicyclic) bond motifs is 1. The molecule has 0 saturated carbocycles. The van der Waals surface area contributed by atoms with Crippen molar-refractivity contribution in [2.24, 2.45) is 0 Å². The number of hydrogen-bond donors (Lipinski definition) is 2. The second-order valence-corrected chi connectivity index (χ2v) is 5.21. The summed E-state index contributed by atoms with van der Waals surface area (Å²) in [4.78, 5) is 23.5. The number of nitrogens with one attached hydrogen (secondary N) is 2. The predicted octanol–water partition coefficient (Wildman–Crippen LogP) is 2.75. The van der Waals surface area contributed by atoms with Gasteiger partial charge in [-0.1, -0.05) is 0 Å². The van der Waals surface area contributed by atoms with Crippen LogP contribution >= 0.6 is 0 Å². The lowest BCUT2D eigenvalue weighted by Gasteiger charge is -2.06. The molecular formula is C16H14F2N2O5. The second kappa shape index (κ2) is 6.80. The molecule has 7 nitrogen and oxygen atoms in total. The molecule has 0 fully saturated rings. The summed E-state index contributed by atoms with van der Waals surface area (Å²) in [5, 5.41) is 5.18. The van der Waals surface area contributed by atoms with E-state index in [1.807, 2.05) is 0 Å². The van der Waals surface area contributed by atoms with Gasteiger partial charge in [0.1, 0.15) is 0 Å². The summed E-state index contributed by atoms with van der Waals surface area (Å²) in [6.45, 7) is 0.292. The molecule has 1 aromatic carbocycles. The smallest absolute Gasteiger partial charge is 0.459 e. The summed E-state index contributed by atoms with van der Waals surface area (Å²) in [5.74, 6) is -0.723. The zero-order valence-corrected chi connectivity index (χ0v) is 12.9. The normalized spacial score (nSPS) is 14.2. The Labute approximate surface area is 140 Å². The maximum atomic E-state index is 12.9. The number of benzene rings is 1. The number of ether oxygens (including phenoxy) is 2. The van der Waals surface area contributed by atoms with Gasteiger partial charge in [0.25, 0.3) is 5.91 Å². The van der Waals surface area contributed by atoms with Gasteiger partial charge in [-0.25, -0.2) is 0 Å². The standard InChI is InChI=1S/C16H14F2N2O5/c17-16(18)24-11-6-5-10(9-13(11)25-16)20-14(21)4-1-7-19-15(22)12-3-2-8-23-12/h2-3,5-6,8-9H,1,4,7H2,(H,19,22)(H,20,21). The Hall–Kier alpha value is -3.10. The summed E-state index contributed by atoms with van der Waals surface area (Å²) in [6, 6.07) is 7.11. The van der Waals surface area contributed by atoms with Crippen molar-refractivity contribution < 1.29 is 32.3 Å². The Balaban J connectivity index is 1.42. The van der Waals surface area contributed by atoms with Gasteiger partial charge in [0.05, 0.1) is 6.26 Å². The van der Waals surface area contributed by atoms with E-state index in [-0.39, 0.29) is 35.5 Å². The summed E-state index contributed by atoms with van der Waals surface area (Å²) in [5.41, 5.74) is 0.310. The molecule has 1 aromatic heterocycles. The molecule has 9 heteroatoms. The van der Waals surface area contributed by atoms with Crippen molar-refractivity contribution in [1.82, 2.24) is 5.32 Å². The number of alkyl halides is 2. The summed E-state index contributed by atoms with van der Waals surface area (Å²) >= 11 is 0. The van der Waals surface area contributed by atoms with Gasteiger partial charge in [0.15, 0.2) is 17.3 Å². The predicted molar refractivity (Wildman–Crippen MR) is 81.5 cm³/mol. The Morgan fingerprint density at radius 2 is 1.92 bits per heavy atom. The number of halogens is 2. The van der Waals surface area contributed by atoms with Gasteiger partial charge >= 0.3 is 6.29 Å². The highest BCUT2D eigenvalue weighted by molar-refractivity contribution is 5.92. The molecule has 0 saturated heterocycles. The minimum Gasteiger partial charge on any atom is -0.459 e. The van der Waals surface area contributed by atoms with Crippen LogP contribution in [0.25, 0.3) is 0 Å². The van der Waals surface area contributed by atoms with E-state index in [1.165, 1.54) is 30.5 Å². The molecule has 0 unspecified atom stereocenters. The summed E-state index contributed by atoms with van der Waals surface area (Å²) < 4.78 is 39.4. The maximum Gasteiger partial charge on any atom is 0.586 e. The molecule has 2 heterocycles. The van der Waals surface area contributed by atoms with Crippen LogP contribution in [0.1, 0.15) is 23.4 Å². The van der Waals surface area contributed by atoms with Crippen LogP contribution in [0.2, 0.25) is 0 Å². The fourth-order valence-corrected chi connectivity index (χ4v) is 2.20. The van der Waals surface area contributed by atoms with Gasteiger partial charge in [-0.05, 0) is 30.7 Å². The number of carbonyl (C=O) groups excluding carboxylic acids is 2. The lowest BCUT2D eigenvalue weighted by Crippen LogP contribution is -2.25. The first-order valence-electron chi connectivity index (χ1n) is 7.44. The molecule has 2 aromatic rings. The largest absolute Gasteiger partial charge is 0.586 e. The van der Waals surface area contributed by atoms with Crippen LogP contribution in [0.5, 0.6) is 11.5 Å². The Bertz CT molecular complexity index is 777. The van der Waals surface area contributed by atoms with Crippen LogP contribution < -0.4 is 20.1 Å². The quantitative estimate of drug-likeness (QED) is 0.780. The van der Waals surface area contributed by atoms with Crippen LogP contribution in [-0.4, -0.2) is 24.7 Å². The highest BCUT2D eigenvalue weighted by Crippen LogP contribution is 2.42. The minimum absolute atomic E-state index is 0.0939. The van der Waals surface area contributed by atoms with Gasteiger partial charge in [-0.3, -0.25) is 9.59 Å². The van der Waals surface area contributed by atoms with Crippen LogP contribution in [0, 0.1) is 0 Å².